The van der Waals surface area contributed by atoms with Gasteiger partial charge in [-0.1, -0.05) is 12.1 Å². The van der Waals surface area contributed by atoms with E-state index in [0.29, 0.717) is 0 Å². The molecule has 78 valence electrons. The molecule has 0 aliphatic heterocycles. The lowest BCUT2D eigenvalue weighted by molar-refractivity contribution is 0.414. The normalized spacial score (nSPS) is 10.3. The summed E-state index contributed by atoms with van der Waals surface area (Å²) in [6.07, 6.45) is 0.986. The van der Waals surface area contributed by atoms with E-state index in [-0.39, 0.29) is 0 Å². The lowest BCUT2D eigenvalue weighted by Gasteiger charge is -2.01. The van der Waals surface area contributed by atoms with Gasteiger partial charge in [0, 0.05) is 21.2 Å². The van der Waals surface area contributed by atoms with Crippen LogP contribution >= 0.6 is 27.3 Å². The van der Waals surface area contributed by atoms with Crippen LogP contribution in [-0.4, -0.2) is 7.11 Å². The highest BCUT2D eigenvalue weighted by molar-refractivity contribution is 9.10. The smallest absolute Gasteiger partial charge is 0.118 e. The quantitative estimate of drug-likeness (QED) is 0.823. The van der Waals surface area contributed by atoms with Crippen LogP contribution in [-0.2, 0) is 6.42 Å². The highest BCUT2D eigenvalue weighted by Gasteiger charge is 2.00. The molecule has 0 saturated heterocycles. The van der Waals surface area contributed by atoms with Gasteiger partial charge in [-0.05, 0) is 39.7 Å². The molecule has 15 heavy (non-hydrogen) atoms. The van der Waals surface area contributed by atoms with Crippen molar-refractivity contribution >= 4 is 27.3 Å². The summed E-state index contributed by atoms with van der Waals surface area (Å²) in [5, 5.41) is 2.11. The van der Waals surface area contributed by atoms with Gasteiger partial charge in [-0.15, -0.1) is 11.3 Å². The first-order valence-electron chi connectivity index (χ1n) is 4.64. The Morgan fingerprint density at radius 2 is 2.00 bits per heavy atom. The van der Waals surface area contributed by atoms with Crippen LogP contribution in [0.25, 0.3) is 0 Å². The van der Waals surface area contributed by atoms with Crippen LogP contribution < -0.4 is 4.74 Å². The molecule has 0 aliphatic rings. The maximum Gasteiger partial charge on any atom is 0.118 e. The molecule has 3 heteroatoms. The van der Waals surface area contributed by atoms with Crippen molar-refractivity contribution in [2.45, 2.75) is 6.42 Å². The van der Waals surface area contributed by atoms with Crippen LogP contribution in [0.4, 0.5) is 0 Å². The first-order chi connectivity index (χ1) is 7.28. The van der Waals surface area contributed by atoms with E-state index in [1.165, 1.54) is 10.4 Å². The molecule has 0 saturated carbocycles. The summed E-state index contributed by atoms with van der Waals surface area (Å²) >= 11 is 5.23. The summed E-state index contributed by atoms with van der Waals surface area (Å²) < 4.78 is 6.28. The molecular formula is C12H11BrOS. The number of methoxy groups -OCH3 is 1. The number of ether oxygens (including phenoxy) is 1. The topological polar surface area (TPSA) is 9.23 Å². The molecule has 0 atom stereocenters. The molecule has 2 aromatic rings. The van der Waals surface area contributed by atoms with Gasteiger partial charge in [-0.3, -0.25) is 0 Å². The lowest BCUT2D eigenvalue weighted by Crippen LogP contribution is -1.86. The van der Waals surface area contributed by atoms with Crippen LogP contribution in [0.5, 0.6) is 5.75 Å². The monoisotopic (exact) mass is 282 g/mol. The van der Waals surface area contributed by atoms with E-state index in [2.05, 4.69) is 39.5 Å². The van der Waals surface area contributed by atoms with Gasteiger partial charge >= 0.3 is 0 Å². The van der Waals surface area contributed by atoms with Crippen molar-refractivity contribution in [1.82, 2.24) is 0 Å². The van der Waals surface area contributed by atoms with E-state index >= 15 is 0 Å². The number of benzene rings is 1. The van der Waals surface area contributed by atoms with E-state index in [9.17, 15) is 0 Å². The number of hydrogen-bond acceptors (Lipinski definition) is 2. The zero-order chi connectivity index (χ0) is 10.7. The summed E-state index contributed by atoms with van der Waals surface area (Å²) in [4.78, 5) is 1.37. The van der Waals surface area contributed by atoms with Crippen LogP contribution in [0.1, 0.15) is 10.4 Å². The Balaban J connectivity index is 2.11. The predicted octanol–water partition coefficient (Wildman–Crippen LogP) is 4.11. The number of thiophene rings is 1. The number of rotatable bonds is 3. The van der Waals surface area contributed by atoms with Gasteiger partial charge in [0.2, 0.25) is 0 Å². The second-order valence-electron chi connectivity index (χ2n) is 3.26. The molecule has 1 nitrogen and oxygen atoms in total. The molecule has 0 aliphatic carbocycles. The highest BCUT2D eigenvalue weighted by Crippen LogP contribution is 2.23. The van der Waals surface area contributed by atoms with E-state index in [1.54, 1.807) is 18.4 Å². The maximum absolute atomic E-state index is 5.12. The van der Waals surface area contributed by atoms with Crippen molar-refractivity contribution in [2.75, 3.05) is 7.11 Å². The lowest BCUT2D eigenvalue weighted by atomic mass is 10.1. The molecule has 0 fully saturated rings. The molecular weight excluding hydrogens is 272 g/mol. The minimum absolute atomic E-state index is 0.908. The Morgan fingerprint density at radius 3 is 2.53 bits per heavy atom. The summed E-state index contributed by atoms with van der Waals surface area (Å²) in [5.41, 5.74) is 1.31. The molecule has 1 aromatic carbocycles. The van der Waals surface area contributed by atoms with Gasteiger partial charge in [0.15, 0.2) is 0 Å². The maximum atomic E-state index is 5.12. The first kappa shape index (κ1) is 10.7. The molecule has 0 spiro atoms. The van der Waals surface area contributed by atoms with E-state index in [0.717, 1.165) is 16.6 Å². The van der Waals surface area contributed by atoms with Gasteiger partial charge < -0.3 is 4.74 Å². The van der Waals surface area contributed by atoms with Gasteiger partial charge in [-0.25, -0.2) is 0 Å². The second-order valence-corrected chi connectivity index (χ2v) is 5.17. The fourth-order valence-electron chi connectivity index (χ4n) is 1.39. The van der Waals surface area contributed by atoms with Crippen molar-refractivity contribution in [3.63, 3.8) is 0 Å². The molecule has 0 unspecified atom stereocenters. The second kappa shape index (κ2) is 4.81. The molecule has 0 amide bonds. The van der Waals surface area contributed by atoms with Gasteiger partial charge in [0.05, 0.1) is 7.11 Å². The van der Waals surface area contributed by atoms with Gasteiger partial charge in [-0.2, -0.15) is 0 Å². The molecule has 0 radical (unpaired) electrons. The SMILES string of the molecule is COc1ccc(Cc2cc(Br)cs2)cc1. The minimum atomic E-state index is 0.908. The largest absolute Gasteiger partial charge is 0.497 e. The molecule has 1 heterocycles. The van der Waals surface area contributed by atoms with E-state index in [1.807, 2.05) is 12.1 Å². The summed E-state index contributed by atoms with van der Waals surface area (Å²) in [6, 6.07) is 10.4. The zero-order valence-corrected chi connectivity index (χ0v) is 10.8. The third kappa shape index (κ3) is 2.83. The third-order valence-electron chi connectivity index (χ3n) is 2.16. The summed E-state index contributed by atoms with van der Waals surface area (Å²) in [5.74, 6) is 0.908. The van der Waals surface area contributed by atoms with Crippen molar-refractivity contribution in [1.29, 1.82) is 0 Å². The molecule has 2 rings (SSSR count). The summed E-state index contributed by atoms with van der Waals surface area (Å²) in [6.45, 7) is 0. The van der Waals surface area contributed by atoms with Gasteiger partial charge in [0.25, 0.3) is 0 Å². The van der Waals surface area contributed by atoms with Crippen molar-refractivity contribution in [3.8, 4) is 5.75 Å². The average molecular weight is 283 g/mol. The Hall–Kier alpha value is -0.800. The van der Waals surface area contributed by atoms with Crippen LogP contribution in [0, 0.1) is 0 Å². The fourth-order valence-corrected chi connectivity index (χ4v) is 2.88. The molecule has 1 aromatic heterocycles. The Labute approximate surface area is 102 Å². The van der Waals surface area contributed by atoms with Crippen molar-refractivity contribution in [2.24, 2.45) is 0 Å². The van der Waals surface area contributed by atoms with Gasteiger partial charge in [0.1, 0.15) is 5.75 Å². The zero-order valence-electron chi connectivity index (χ0n) is 8.37. The fraction of sp³-hybridized carbons (Fsp3) is 0.167. The number of hydrogen-bond donors (Lipinski definition) is 0. The standard InChI is InChI=1S/C12H11BrOS/c1-14-11-4-2-9(3-5-11)6-12-7-10(13)8-15-12/h2-5,7-8H,6H2,1H3. The van der Waals surface area contributed by atoms with Crippen molar-refractivity contribution in [3.05, 3.63) is 50.6 Å². The highest BCUT2D eigenvalue weighted by atomic mass is 79.9. The predicted molar refractivity (Wildman–Crippen MR) is 67.8 cm³/mol. The van der Waals surface area contributed by atoms with Crippen LogP contribution in [0.2, 0.25) is 0 Å². The minimum Gasteiger partial charge on any atom is -0.497 e. The Bertz CT molecular complexity index is 433. The molecule has 0 bridgehead atoms. The van der Waals surface area contributed by atoms with E-state index in [4.69, 9.17) is 4.74 Å². The third-order valence-corrected chi connectivity index (χ3v) is 3.86. The first-order valence-corrected chi connectivity index (χ1v) is 6.31. The Morgan fingerprint density at radius 1 is 1.27 bits per heavy atom. The Kier molecular flexibility index (Phi) is 3.44. The van der Waals surface area contributed by atoms with Crippen LogP contribution in [0.15, 0.2) is 40.2 Å². The van der Waals surface area contributed by atoms with E-state index < -0.39 is 0 Å². The van der Waals surface area contributed by atoms with Crippen LogP contribution in [0.3, 0.4) is 0 Å². The molecule has 0 N–H and O–H groups in total. The average Bonchev–Trinajstić information content (AvgIpc) is 2.65. The van der Waals surface area contributed by atoms with Crippen molar-refractivity contribution < 1.29 is 4.74 Å². The number of halogens is 1. The summed E-state index contributed by atoms with van der Waals surface area (Å²) in [7, 11) is 1.69.